The molecular weight excluding hydrogens is 180 g/mol. The first kappa shape index (κ1) is 8.87. The molecule has 0 radical (unpaired) electrons. The molecule has 1 aliphatic heterocycles. The van der Waals surface area contributed by atoms with Gasteiger partial charge >= 0.3 is 0 Å². The maximum atomic E-state index is 10.7. The lowest BCUT2D eigenvalue weighted by Crippen LogP contribution is -2.01. The van der Waals surface area contributed by atoms with E-state index in [4.69, 9.17) is 0 Å². The molecule has 0 fully saturated rings. The standard InChI is InChI=1S/C10H10N2O2/c13-12(14)10-6-2-1-4-8(10)9-5-3-7-11-9/h1-2,4,6H,3,5,7H2. The van der Waals surface area contributed by atoms with Gasteiger partial charge in [-0.2, -0.15) is 0 Å². The molecule has 0 amide bonds. The topological polar surface area (TPSA) is 55.5 Å². The minimum absolute atomic E-state index is 0.160. The SMILES string of the molecule is O=[N+]([O-])c1ccccc1C1=NCCC1. The average molecular weight is 190 g/mol. The van der Waals surface area contributed by atoms with Crippen molar-refractivity contribution in [2.45, 2.75) is 12.8 Å². The summed E-state index contributed by atoms with van der Waals surface area (Å²) < 4.78 is 0. The van der Waals surface area contributed by atoms with E-state index in [2.05, 4.69) is 4.99 Å². The van der Waals surface area contributed by atoms with Crippen LogP contribution >= 0.6 is 0 Å². The van der Waals surface area contributed by atoms with E-state index < -0.39 is 0 Å². The Balaban J connectivity index is 2.46. The third kappa shape index (κ3) is 1.51. The first-order valence-corrected chi connectivity index (χ1v) is 4.56. The monoisotopic (exact) mass is 190 g/mol. The van der Waals surface area contributed by atoms with Crippen LogP contribution in [0.5, 0.6) is 0 Å². The quantitative estimate of drug-likeness (QED) is 0.530. The fraction of sp³-hybridized carbons (Fsp3) is 0.300. The maximum absolute atomic E-state index is 10.7. The second kappa shape index (κ2) is 3.57. The molecule has 14 heavy (non-hydrogen) atoms. The summed E-state index contributed by atoms with van der Waals surface area (Å²) in [5.74, 6) is 0. The molecule has 1 heterocycles. The molecule has 1 aliphatic rings. The highest BCUT2D eigenvalue weighted by Crippen LogP contribution is 2.22. The Morgan fingerprint density at radius 3 is 2.79 bits per heavy atom. The third-order valence-electron chi connectivity index (χ3n) is 2.29. The van der Waals surface area contributed by atoms with Crippen LogP contribution < -0.4 is 0 Å². The first-order valence-electron chi connectivity index (χ1n) is 4.56. The van der Waals surface area contributed by atoms with Crippen LogP contribution in [0, 0.1) is 10.1 Å². The van der Waals surface area contributed by atoms with Crippen LogP contribution in [-0.2, 0) is 0 Å². The number of hydrogen-bond acceptors (Lipinski definition) is 3. The van der Waals surface area contributed by atoms with Gasteiger partial charge in [0.15, 0.2) is 0 Å². The number of benzene rings is 1. The summed E-state index contributed by atoms with van der Waals surface area (Å²) in [5, 5.41) is 10.7. The van der Waals surface area contributed by atoms with Gasteiger partial charge in [-0.3, -0.25) is 15.1 Å². The van der Waals surface area contributed by atoms with E-state index in [1.54, 1.807) is 12.1 Å². The highest BCUT2D eigenvalue weighted by molar-refractivity contribution is 6.04. The van der Waals surface area contributed by atoms with Gasteiger partial charge in [-0.25, -0.2) is 0 Å². The predicted molar refractivity (Wildman–Crippen MR) is 53.7 cm³/mol. The second-order valence-electron chi connectivity index (χ2n) is 3.21. The Morgan fingerprint density at radius 1 is 1.36 bits per heavy atom. The van der Waals surface area contributed by atoms with Gasteiger partial charge in [0.1, 0.15) is 0 Å². The van der Waals surface area contributed by atoms with Gasteiger partial charge in [-0.15, -0.1) is 0 Å². The Hall–Kier alpha value is -1.71. The van der Waals surface area contributed by atoms with E-state index in [1.165, 1.54) is 6.07 Å². The zero-order valence-corrected chi connectivity index (χ0v) is 7.64. The Kier molecular flexibility index (Phi) is 2.26. The van der Waals surface area contributed by atoms with Crippen molar-refractivity contribution >= 4 is 11.4 Å². The number of rotatable bonds is 2. The van der Waals surface area contributed by atoms with Crippen LogP contribution in [0.1, 0.15) is 18.4 Å². The van der Waals surface area contributed by atoms with Crippen LogP contribution in [0.3, 0.4) is 0 Å². The van der Waals surface area contributed by atoms with Gasteiger partial charge in [0, 0.05) is 18.3 Å². The van der Waals surface area contributed by atoms with E-state index in [0.29, 0.717) is 5.56 Å². The molecule has 1 aromatic carbocycles. The number of nitrogens with zero attached hydrogens (tertiary/aromatic N) is 2. The molecule has 0 atom stereocenters. The van der Waals surface area contributed by atoms with Gasteiger partial charge in [0.25, 0.3) is 5.69 Å². The number of nitro benzene ring substituents is 1. The fourth-order valence-electron chi connectivity index (χ4n) is 1.64. The molecule has 1 aromatic rings. The van der Waals surface area contributed by atoms with Gasteiger partial charge in [-0.05, 0) is 18.9 Å². The van der Waals surface area contributed by atoms with Gasteiger partial charge < -0.3 is 0 Å². The Morgan fingerprint density at radius 2 is 2.14 bits per heavy atom. The van der Waals surface area contributed by atoms with Crippen molar-refractivity contribution in [3.63, 3.8) is 0 Å². The highest BCUT2D eigenvalue weighted by Gasteiger charge is 2.18. The van der Waals surface area contributed by atoms with E-state index in [0.717, 1.165) is 25.1 Å². The van der Waals surface area contributed by atoms with Crippen molar-refractivity contribution in [1.29, 1.82) is 0 Å². The van der Waals surface area contributed by atoms with E-state index in [9.17, 15) is 10.1 Å². The summed E-state index contributed by atoms with van der Waals surface area (Å²) in [4.78, 5) is 14.6. The summed E-state index contributed by atoms with van der Waals surface area (Å²) in [5.41, 5.74) is 1.71. The maximum Gasteiger partial charge on any atom is 0.278 e. The molecule has 0 unspecified atom stereocenters. The Bertz CT molecular complexity index is 399. The van der Waals surface area contributed by atoms with Crippen molar-refractivity contribution in [2.24, 2.45) is 4.99 Å². The van der Waals surface area contributed by atoms with Crippen LogP contribution in [0.25, 0.3) is 0 Å². The number of hydrogen-bond donors (Lipinski definition) is 0. The minimum atomic E-state index is -0.351. The van der Waals surface area contributed by atoms with E-state index in [1.807, 2.05) is 6.07 Å². The zero-order valence-electron chi connectivity index (χ0n) is 7.64. The molecule has 0 bridgehead atoms. The molecular formula is C10H10N2O2. The first-order chi connectivity index (χ1) is 6.79. The number of para-hydroxylation sites is 1. The third-order valence-corrected chi connectivity index (χ3v) is 2.29. The summed E-state index contributed by atoms with van der Waals surface area (Å²) in [7, 11) is 0. The predicted octanol–water partition coefficient (Wildman–Crippen LogP) is 2.18. The van der Waals surface area contributed by atoms with Gasteiger partial charge in [-0.1, -0.05) is 12.1 Å². The second-order valence-corrected chi connectivity index (χ2v) is 3.21. The molecule has 4 nitrogen and oxygen atoms in total. The molecule has 0 saturated heterocycles. The van der Waals surface area contributed by atoms with Gasteiger partial charge in [0.2, 0.25) is 0 Å². The Labute approximate surface area is 81.4 Å². The lowest BCUT2D eigenvalue weighted by atomic mass is 10.1. The molecule has 4 heteroatoms. The summed E-state index contributed by atoms with van der Waals surface area (Å²) in [6, 6.07) is 6.78. The lowest BCUT2D eigenvalue weighted by Gasteiger charge is -2.00. The zero-order chi connectivity index (χ0) is 9.97. The van der Waals surface area contributed by atoms with Crippen molar-refractivity contribution in [3.05, 3.63) is 39.9 Å². The highest BCUT2D eigenvalue weighted by atomic mass is 16.6. The summed E-state index contributed by atoms with van der Waals surface area (Å²) in [6.45, 7) is 0.793. The van der Waals surface area contributed by atoms with Crippen LogP contribution in [-0.4, -0.2) is 17.2 Å². The molecule has 0 N–H and O–H groups in total. The van der Waals surface area contributed by atoms with Crippen LogP contribution in [0.2, 0.25) is 0 Å². The molecule has 0 aliphatic carbocycles. The number of nitro groups is 1. The normalized spacial score (nSPS) is 15.3. The molecule has 0 aromatic heterocycles. The minimum Gasteiger partial charge on any atom is -0.289 e. The van der Waals surface area contributed by atoms with Crippen LogP contribution in [0.4, 0.5) is 5.69 Å². The fourth-order valence-corrected chi connectivity index (χ4v) is 1.64. The van der Waals surface area contributed by atoms with Crippen molar-refractivity contribution in [2.75, 3.05) is 6.54 Å². The summed E-state index contributed by atoms with van der Waals surface area (Å²) in [6.07, 6.45) is 1.85. The average Bonchev–Trinajstić information content (AvgIpc) is 2.70. The van der Waals surface area contributed by atoms with Crippen molar-refractivity contribution < 1.29 is 4.92 Å². The largest absolute Gasteiger partial charge is 0.289 e. The molecule has 2 rings (SSSR count). The smallest absolute Gasteiger partial charge is 0.278 e. The van der Waals surface area contributed by atoms with Gasteiger partial charge in [0.05, 0.1) is 10.5 Å². The molecule has 72 valence electrons. The van der Waals surface area contributed by atoms with E-state index >= 15 is 0 Å². The number of aliphatic imine (C=N–C) groups is 1. The van der Waals surface area contributed by atoms with Crippen LogP contribution in [0.15, 0.2) is 29.3 Å². The summed E-state index contributed by atoms with van der Waals surface area (Å²) >= 11 is 0. The molecule has 0 saturated carbocycles. The van der Waals surface area contributed by atoms with E-state index in [-0.39, 0.29) is 10.6 Å². The van der Waals surface area contributed by atoms with Crippen molar-refractivity contribution in [1.82, 2.24) is 0 Å². The van der Waals surface area contributed by atoms with Crippen molar-refractivity contribution in [3.8, 4) is 0 Å². The molecule has 0 spiro atoms. The lowest BCUT2D eigenvalue weighted by molar-refractivity contribution is -0.385.